The van der Waals surface area contributed by atoms with Gasteiger partial charge < -0.3 is 5.32 Å². The number of anilines is 2. The largest absolute Gasteiger partial charge is 0.331 e. The van der Waals surface area contributed by atoms with Gasteiger partial charge >= 0.3 is 0 Å². The van der Waals surface area contributed by atoms with Gasteiger partial charge in [0.1, 0.15) is 0 Å². The number of benzene rings is 2. The van der Waals surface area contributed by atoms with Crippen LogP contribution in [0.2, 0.25) is 5.02 Å². The summed E-state index contributed by atoms with van der Waals surface area (Å²) < 4.78 is 2.15. The number of fused-ring (bicyclic) bond motifs is 1. The lowest BCUT2D eigenvalue weighted by molar-refractivity contribution is 1.40. The molecule has 0 unspecified atom stereocenters. The van der Waals surface area contributed by atoms with Crippen molar-refractivity contribution in [2.45, 2.75) is 6.92 Å². The van der Waals surface area contributed by atoms with Crippen LogP contribution >= 0.6 is 38.9 Å². The van der Waals surface area contributed by atoms with Crippen LogP contribution < -0.4 is 5.32 Å². The molecule has 5 heteroatoms. The minimum Gasteiger partial charge on any atom is -0.331 e. The lowest BCUT2D eigenvalue weighted by Gasteiger charge is -2.05. The predicted octanol–water partition coefficient (Wildman–Crippen LogP) is 5.76. The third-order valence-corrected chi connectivity index (χ3v) is 4.56. The zero-order chi connectivity index (χ0) is 13.4. The van der Waals surface area contributed by atoms with E-state index in [-0.39, 0.29) is 0 Å². The minimum absolute atomic E-state index is 0.709. The molecule has 2 aromatic carbocycles. The highest BCUT2D eigenvalue weighted by Gasteiger charge is 2.06. The second kappa shape index (κ2) is 5.12. The zero-order valence-corrected chi connectivity index (χ0v) is 13.2. The van der Waals surface area contributed by atoms with Crippen LogP contribution in [0.4, 0.5) is 10.8 Å². The lowest BCUT2D eigenvalue weighted by atomic mass is 10.2. The first kappa shape index (κ1) is 12.9. The molecule has 3 aromatic rings. The third-order valence-electron chi connectivity index (χ3n) is 2.72. The van der Waals surface area contributed by atoms with E-state index in [1.165, 1.54) is 5.56 Å². The fraction of sp³-hybridized carbons (Fsp3) is 0.0714. The topological polar surface area (TPSA) is 24.9 Å². The maximum absolute atomic E-state index is 5.97. The normalized spacial score (nSPS) is 10.9. The highest BCUT2D eigenvalue weighted by atomic mass is 79.9. The summed E-state index contributed by atoms with van der Waals surface area (Å²) in [6.07, 6.45) is 0. The number of halogens is 2. The third kappa shape index (κ3) is 2.76. The fourth-order valence-corrected chi connectivity index (χ4v) is 3.41. The molecule has 0 amide bonds. The van der Waals surface area contributed by atoms with Crippen LogP contribution in [-0.2, 0) is 0 Å². The molecule has 0 aliphatic heterocycles. The van der Waals surface area contributed by atoms with E-state index in [1.807, 2.05) is 24.3 Å². The van der Waals surface area contributed by atoms with Gasteiger partial charge in [0.2, 0.25) is 0 Å². The van der Waals surface area contributed by atoms with Gasteiger partial charge in [-0.2, -0.15) is 0 Å². The molecular formula is C14H10BrClN2S. The second-order valence-corrected chi connectivity index (χ2v) is 6.56. The number of nitrogens with zero attached hydrogens (tertiary/aromatic N) is 1. The molecule has 3 rings (SSSR count). The Morgan fingerprint density at radius 1 is 1.21 bits per heavy atom. The smallest absolute Gasteiger partial charge is 0.188 e. The van der Waals surface area contributed by atoms with E-state index < -0.39 is 0 Å². The Morgan fingerprint density at radius 2 is 2.05 bits per heavy atom. The van der Waals surface area contributed by atoms with Gasteiger partial charge in [-0.3, -0.25) is 0 Å². The molecule has 0 aliphatic carbocycles. The van der Waals surface area contributed by atoms with Gasteiger partial charge in [0.05, 0.1) is 15.9 Å². The van der Waals surface area contributed by atoms with Crippen LogP contribution in [0.1, 0.15) is 5.56 Å². The summed E-state index contributed by atoms with van der Waals surface area (Å²) >= 11 is 11.1. The summed E-state index contributed by atoms with van der Waals surface area (Å²) in [5, 5.41) is 4.90. The molecule has 1 heterocycles. The molecule has 1 aromatic heterocycles. The Labute approximate surface area is 128 Å². The summed E-state index contributed by atoms with van der Waals surface area (Å²) in [4.78, 5) is 4.53. The van der Waals surface area contributed by atoms with Gasteiger partial charge in [-0.25, -0.2) is 4.98 Å². The molecule has 2 nitrogen and oxygen atoms in total. The quantitative estimate of drug-likeness (QED) is 0.633. The highest BCUT2D eigenvalue weighted by molar-refractivity contribution is 9.10. The molecular weight excluding hydrogens is 344 g/mol. The number of nitrogens with one attached hydrogen (secondary N) is 1. The molecule has 0 saturated heterocycles. The van der Waals surface area contributed by atoms with Crippen LogP contribution in [0.5, 0.6) is 0 Å². The number of hydrogen-bond donors (Lipinski definition) is 1. The molecule has 0 aliphatic rings. The maximum atomic E-state index is 5.97. The van der Waals surface area contributed by atoms with Crippen LogP contribution in [0.3, 0.4) is 0 Å². The van der Waals surface area contributed by atoms with E-state index in [0.29, 0.717) is 5.02 Å². The van der Waals surface area contributed by atoms with E-state index in [9.17, 15) is 0 Å². The molecule has 0 atom stereocenters. The molecule has 0 saturated carbocycles. The van der Waals surface area contributed by atoms with Crippen LogP contribution in [0, 0.1) is 6.92 Å². The first-order valence-corrected chi connectivity index (χ1v) is 7.70. The Balaban J connectivity index is 1.96. The molecule has 1 N–H and O–H groups in total. The van der Waals surface area contributed by atoms with Gasteiger partial charge in [0, 0.05) is 9.50 Å². The molecule has 0 fully saturated rings. The average Bonchev–Trinajstić information content (AvgIpc) is 2.74. The fourth-order valence-electron chi connectivity index (χ4n) is 1.79. The Morgan fingerprint density at radius 3 is 2.84 bits per heavy atom. The summed E-state index contributed by atoms with van der Waals surface area (Å²) in [5.74, 6) is 0. The molecule has 0 spiro atoms. The summed E-state index contributed by atoms with van der Waals surface area (Å²) in [5.41, 5.74) is 3.15. The van der Waals surface area contributed by atoms with Crippen LogP contribution in [0.15, 0.2) is 40.9 Å². The van der Waals surface area contributed by atoms with E-state index in [2.05, 4.69) is 45.3 Å². The van der Waals surface area contributed by atoms with Crippen molar-refractivity contribution in [3.63, 3.8) is 0 Å². The van der Waals surface area contributed by atoms with Crippen molar-refractivity contribution in [2.75, 3.05) is 5.32 Å². The number of thiazole rings is 1. The summed E-state index contributed by atoms with van der Waals surface area (Å²) in [6.45, 7) is 2.06. The average molecular weight is 354 g/mol. The van der Waals surface area contributed by atoms with Gasteiger partial charge in [-0.15, -0.1) is 0 Å². The number of rotatable bonds is 2. The Hall–Kier alpha value is -1.10. The first-order chi connectivity index (χ1) is 9.11. The number of hydrogen-bond acceptors (Lipinski definition) is 3. The number of aryl methyl sites for hydroxylation is 1. The molecule has 96 valence electrons. The zero-order valence-electron chi connectivity index (χ0n) is 10.1. The Bertz CT molecular complexity index is 754. The molecule has 0 bridgehead atoms. The standard InChI is InChI=1S/C14H10BrClN2S/c1-8-2-4-11(10(15)6-8)17-14-18-12-7-9(16)3-5-13(12)19-14/h2-7H,1H3,(H,17,18). The van der Waals surface area contributed by atoms with Gasteiger partial charge in [-0.1, -0.05) is 29.0 Å². The van der Waals surface area contributed by atoms with Gasteiger partial charge in [0.25, 0.3) is 0 Å². The van der Waals surface area contributed by atoms with E-state index in [1.54, 1.807) is 11.3 Å². The van der Waals surface area contributed by atoms with Crippen molar-refractivity contribution < 1.29 is 0 Å². The van der Waals surface area contributed by atoms with E-state index in [4.69, 9.17) is 11.6 Å². The monoisotopic (exact) mass is 352 g/mol. The highest BCUT2D eigenvalue weighted by Crippen LogP contribution is 2.32. The first-order valence-electron chi connectivity index (χ1n) is 5.71. The number of aromatic nitrogens is 1. The SMILES string of the molecule is Cc1ccc(Nc2nc3cc(Cl)ccc3s2)c(Br)c1. The van der Waals surface area contributed by atoms with Gasteiger partial charge in [0.15, 0.2) is 5.13 Å². The van der Waals surface area contributed by atoms with Crippen molar-refractivity contribution in [1.29, 1.82) is 0 Å². The van der Waals surface area contributed by atoms with Crippen molar-refractivity contribution in [2.24, 2.45) is 0 Å². The van der Waals surface area contributed by atoms with Crippen LogP contribution in [0.25, 0.3) is 10.2 Å². The van der Waals surface area contributed by atoms with E-state index in [0.717, 1.165) is 25.5 Å². The van der Waals surface area contributed by atoms with Crippen molar-refractivity contribution in [3.05, 3.63) is 51.5 Å². The minimum atomic E-state index is 0.709. The Kier molecular flexibility index (Phi) is 3.48. The molecule has 0 radical (unpaired) electrons. The van der Waals surface area contributed by atoms with E-state index >= 15 is 0 Å². The maximum Gasteiger partial charge on any atom is 0.188 e. The summed E-state index contributed by atoms with van der Waals surface area (Å²) in [7, 11) is 0. The van der Waals surface area contributed by atoms with Crippen molar-refractivity contribution in [3.8, 4) is 0 Å². The van der Waals surface area contributed by atoms with Crippen molar-refractivity contribution >= 4 is 59.9 Å². The second-order valence-electron chi connectivity index (χ2n) is 4.24. The lowest BCUT2D eigenvalue weighted by Crippen LogP contribution is -1.90. The van der Waals surface area contributed by atoms with Crippen molar-refractivity contribution in [1.82, 2.24) is 4.98 Å². The molecule has 19 heavy (non-hydrogen) atoms. The predicted molar refractivity (Wildman–Crippen MR) is 86.8 cm³/mol. The van der Waals surface area contributed by atoms with Gasteiger partial charge in [-0.05, 0) is 58.7 Å². The summed E-state index contributed by atoms with van der Waals surface area (Å²) in [6, 6.07) is 11.9. The van der Waals surface area contributed by atoms with Crippen LogP contribution in [-0.4, -0.2) is 4.98 Å².